The van der Waals surface area contributed by atoms with E-state index in [2.05, 4.69) is 18.5 Å². The van der Waals surface area contributed by atoms with E-state index in [0.29, 0.717) is 10.6 Å². The van der Waals surface area contributed by atoms with Gasteiger partial charge in [-0.3, -0.25) is 9.10 Å². The Labute approximate surface area is 129 Å². The van der Waals surface area contributed by atoms with Crippen LogP contribution in [0.4, 0.5) is 0 Å². The second-order valence-corrected chi connectivity index (χ2v) is 6.89. The zero-order valence-electron chi connectivity index (χ0n) is 11.7. The Bertz CT molecular complexity index is 559. The van der Waals surface area contributed by atoms with Gasteiger partial charge in [-0.15, -0.1) is 0 Å². The molecule has 1 aliphatic heterocycles. The van der Waals surface area contributed by atoms with Crippen LogP contribution in [0, 0.1) is 0 Å². The summed E-state index contributed by atoms with van der Waals surface area (Å²) in [5, 5.41) is 2.05. The van der Waals surface area contributed by atoms with Gasteiger partial charge in [-0.05, 0) is 23.3 Å². The molecule has 1 saturated heterocycles. The van der Waals surface area contributed by atoms with Crippen LogP contribution in [0.5, 0.6) is 0 Å². The molecule has 0 aliphatic carbocycles. The van der Waals surface area contributed by atoms with Gasteiger partial charge >= 0.3 is 0 Å². The molecule has 0 saturated carbocycles. The number of rotatable bonds is 5. The predicted molar refractivity (Wildman–Crippen MR) is 84.2 cm³/mol. The Morgan fingerprint density at radius 1 is 1.48 bits per heavy atom. The number of hydrogen-bond acceptors (Lipinski definition) is 4. The predicted octanol–water partition coefficient (Wildman–Crippen LogP) is 0.222. The lowest BCUT2D eigenvalue weighted by atomic mass is 10.3. The Kier molecular flexibility index (Phi) is 6.73. The molecule has 0 aromatic heterocycles. The molecule has 1 unspecified atom stereocenters. The average Bonchev–Trinajstić information content (AvgIpc) is 2.41. The Hall–Kier alpha value is -1.51. The Balaban J connectivity index is 3.19. The first kappa shape index (κ1) is 17.5. The van der Waals surface area contributed by atoms with Crippen molar-refractivity contribution in [3.8, 4) is 0 Å². The Morgan fingerprint density at radius 3 is 2.57 bits per heavy atom. The van der Waals surface area contributed by atoms with Crippen LogP contribution in [0.15, 0.2) is 48.1 Å². The molecule has 2 atom stereocenters. The number of thiol groups is 1. The lowest BCUT2D eigenvalue weighted by molar-refractivity contribution is -0.118. The molecule has 116 valence electrons. The molecule has 0 aromatic carbocycles. The first-order valence-electron chi connectivity index (χ1n) is 6.15. The topological polar surface area (TPSA) is 89.5 Å². The molecule has 1 heterocycles. The summed E-state index contributed by atoms with van der Waals surface area (Å²) in [5.41, 5.74) is 0.318. The van der Waals surface area contributed by atoms with E-state index in [1.807, 2.05) is 0 Å². The van der Waals surface area contributed by atoms with Crippen LogP contribution >= 0.6 is 0 Å². The molecular weight excluding hydrogens is 312 g/mol. The summed E-state index contributed by atoms with van der Waals surface area (Å²) in [7, 11) is -2.88. The molecule has 1 aliphatic rings. The average molecular weight is 330 g/mol. The summed E-state index contributed by atoms with van der Waals surface area (Å²) in [6.45, 7) is 8.61. The number of carbonyl (C=O) groups excluding carboxylic acids is 1. The molecule has 8 heteroatoms. The summed E-state index contributed by atoms with van der Waals surface area (Å²) in [6.07, 6.45) is 5.88. The van der Waals surface area contributed by atoms with Crippen molar-refractivity contribution in [1.82, 2.24) is 9.62 Å². The van der Waals surface area contributed by atoms with Gasteiger partial charge in [0.1, 0.15) is 5.70 Å². The maximum atomic E-state index is 12.5. The molecule has 0 aromatic rings. The summed E-state index contributed by atoms with van der Waals surface area (Å²) < 4.78 is 36.5. The third-order valence-corrected chi connectivity index (χ3v) is 5.22. The maximum absolute atomic E-state index is 12.5. The minimum Gasteiger partial charge on any atom is -0.611 e. The summed E-state index contributed by atoms with van der Waals surface area (Å²) >= 11 is -1.45. The lowest BCUT2D eigenvalue weighted by Gasteiger charge is -2.34. The highest BCUT2D eigenvalue weighted by Crippen LogP contribution is 2.31. The molecule has 1 fully saturated rings. The maximum Gasteiger partial charge on any atom is 0.225 e. The first-order chi connectivity index (χ1) is 9.92. The third kappa shape index (κ3) is 4.48. The SMILES string of the molecule is C=C/C=C1\C(=C/C=C)[S+]([O-])[C@@H](CNC(C)=O)CN1[SH](=O)=O. The van der Waals surface area contributed by atoms with E-state index in [0.717, 1.165) is 4.31 Å². The van der Waals surface area contributed by atoms with Crippen LogP contribution in [-0.2, 0) is 26.9 Å². The summed E-state index contributed by atoms with van der Waals surface area (Å²) in [4.78, 5) is 11.3. The first-order valence-corrected chi connectivity index (χ1v) is 8.49. The van der Waals surface area contributed by atoms with Crippen LogP contribution in [0.25, 0.3) is 0 Å². The van der Waals surface area contributed by atoms with Crippen molar-refractivity contribution in [3.63, 3.8) is 0 Å². The number of allylic oxidation sites excluding steroid dienone is 4. The number of carbonyl (C=O) groups is 1. The van der Waals surface area contributed by atoms with E-state index in [1.54, 1.807) is 0 Å². The van der Waals surface area contributed by atoms with Crippen molar-refractivity contribution in [2.24, 2.45) is 0 Å². The smallest absolute Gasteiger partial charge is 0.225 e. The van der Waals surface area contributed by atoms with Crippen molar-refractivity contribution in [2.75, 3.05) is 13.1 Å². The van der Waals surface area contributed by atoms with Gasteiger partial charge in [-0.2, -0.15) is 0 Å². The van der Waals surface area contributed by atoms with Gasteiger partial charge in [0.25, 0.3) is 0 Å². The van der Waals surface area contributed by atoms with Gasteiger partial charge in [0.2, 0.25) is 16.8 Å². The van der Waals surface area contributed by atoms with E-state index in [-0.39, 0.29) is 19.0 Å². The van der Waals surface area contributed by atoms with Crippen LogP contribution in [-0.4, -0.2) is 41.5 Å². The fourth-order valence-electron chi connectivity index (χ4n) is 1.86. The largest absolute Gasteiger partial charge is 0.611 e. The molecule has 21 heavy (non-hydrogen) atoms. The molecule has 6 nitrogen and oxygen atoms in total. The highest BCUT2D eigenvalue weighted by atomic mass is 32.2. The van der Waals surface area contributed by atoms with E-state index >= 15 is 0 Å². The van der Waals surface area contributed by atoms with E-state index in [1.165, 1.54) is 31.2 Å². The molecule has 0 spiro atoms. The molecule has 0 radical (unpaired) electrons. The van der Waals surface area contributed by atoms with Gasteiger partial charge in [0.15, 0.2) is 10.2 Å². The molecule has 1 amide bonds. The Morgan fingerprint density at radius 2 is 2.10 bits per heavy atom. The van der Waals surface area contributed by atoms with Crippen molar-refractivity contribution >= 4 is 28.0 Å². The second-order valence-electron chi connectivity index (χ2n) is 4.23. The zero-order valence-corrected chi connectivity index (χ0v) is 13.4. The van der Waals surface area contributed by atoms with Gasteiger partial charge < -0.3 is 9.87 Å². The van der Waals surface area contributed by atoms with Crippen molar-refractivity contribution in [1.29, 1.82) is 0 Å². The highest BCUT2D eigenvalue weighted by Gasteiger charge is 2.39. The van der Waals surface area contributed by atoms with Crippen LogP contribution < -0.4 is 5.32 Å². The molecule has 1 N–H and O–H groups in total. The van der Waals surface area contributed by atoms with Crippen LogP contribution in [0.2, 0.25) is 0 Å². The van der Waals surface area contributed by atoms with Crippen LogP contribution in [0.1, 0.15) is 6.92 Å². The van der Waals surface area contributed by atoms with Crippen molar-refractivity contribution in [3.05, 3.63) is 48.1 Å². The van der Waals surface area contributed by atoms with Gasteiger partial charge in [0.05, 0.1) is 13.1 Å². The fourth-order valence-corrected chi connectivity index (χ4v) is 4.21. The summed E-state index contributed by atoms with van der Waals surface area (Å²) in [5.74, 6) is -0.258. The quantitative estimate of drug-likeness (QED) is 0.557. The minimum atomic E-state index is -2.88. The van der Waals surface area contributed by atoms with Crippen LogP contribution in [0.3, 0.4) is 0 Å². The summed E-state index contributed by atoms with van der Waals surface area (Å²) in [6, 6.07) is 0. The second kappa shape index (κ2) is 8.06. The van der Waals surface area contributed by atoms with Gasteiger partial charge in [-0.25, -0.2) is 8.42 Å². The number of nitrogens with zero attached hydrogens (tertiary/aromatic N) is 1. The number of nitrogens with one attached hydrogen (secondary N) is 1. The zero-order chi connectivity index (χ0) is 16.0. The standard InChI is InChI=1S/C13H18N2O4S2/c1-4-6-12-13(7-5-2)20(17)11(8-14-10(3)16)9-15(12)21(18)19/h4-7,11,21H,1-2,8-9H2,3H3,(H,14,16)/b12-6+,13-7+/t11-,20?/m0/s1. The van der Waals surface area contributed by atoms with E-state index in [4.69, 9.17) is 0 Å². The number of amides is 1. The monoisotopic (exact) mass is 330 g/mol. The fraction of sp³-hybridized carbons (Fsp3) is 0.308. The molecule has 1 rings (SSSR count). The van der Waals surface area contributed by atoms with Crippen molar-refractivity contribution < 1.29 is 17.8 Å². The van der Waals surface area contributed by atoms with E-state index < -0.39 is 27.3 Å². The third-order valence-electron chi connectivity index (χ3n) is 2.75. The number of hydrogen-bond donors (Lipinski definition) is 2. The van der Waals surface area contributed by atoms with Gasteiger partial charge in [0, 0.05) is 6.92 Å². The highest BCUT2D eigenvalue weighted by molar-refractivity contribution is 7.96. The van der Waals surface area contributed by atoms with Gasteiger partial charge in [-0.1, -0.05) is 25.3 Å². The van der Waals surface area contributed by atoms with E-state index in [9.17, 15) is 17.8 Å². The van der Waals surface area contributed by atoms with Crippen molar-refractivity contribution in [2.45, 2.75) is 12.2 Å². The normalized spacial score (nSPS) is 26.1. The molecular formula is C13H18N2O4S2. The minimum absolute atomic E-state index is 0.0414. The lowest BCUT2D eigenvalue weighted by Crippen LogP contribution is -2.48. The molecule has 0 bridgehead atoms.